The van der Waals surface area contributed by atoms with E-state index in [1.165, 1.54) is 0 Å². The van der Waals surface area contributed by atoms with Crippen LogP contribution in [0.25, 0.3) is 0 Å². The van der Waals surface area contributed by atoms with E-state index in [1.54, 1.807) is 17.4 Å². The van der Waals surface area contributed by atoms with Gasteiger partial charge in [0.25, 0.3) is 11.5 Å². The summed E-state index contributed by atoms with van der Waals surface area (Å²) in [7, 11) is 0. The van der Waals surface area contributed by atoms with Gasteiger partial charge in [0.05, 0.1) is 17.2 Å². The van der Waals surface area contributed by atoms with Gasteiger partial charge >= 0.3 is 0 Å². The summed E-state index contributed by atoms with van der Waals surface area (Å²) in [6.07, 6.45) is 2.88. The number of amides is 1. The molecule has 3 aromatic heterocycles. The van der Waals surface area contributed by atoms with Crippen molar-refractivity contribution in [2.75, 3.05) is 18.0 Å². The van der Waals surface area contributed by atoms with E-state index in [2.05, 4.69) is 20.2 Å². The van der Waals surface area contributed by atoms with Crippen molar-refractivity contribution in [2.24, 2.45) is 5.92 Å². The Morgan fingerprint density at radius 3 is 2.90 bits per heavy atom. The van der Waals surface area contributed by atoms with E-state index < -0.39 is 0 Å². The Bertz CT molecular complexity index is 1140. The first kappa shape index (κ1) is 19.0. The van der Waals surface area contributed by atoms with E-state index in [1.807, 2.05) is 47.3 Å². The number of pyridine rings is 2. The molecule has 1 amide bonds. The minimum Gasteiger partial charge on any atom is -0.356 e. The number of rotatable bonds is 4. The van der Waals surface area contributed by atoms with E-state index in [4.69, 9.17) is 0 Å². The molecule has 1 N–H and O–H groups in total. The molecule has 0 aliphatic carbocycles. The van der Waals surface area contributed by atoms with Crippen LogP contribution in [-0.4, -0.2) is 33.5 Å². The lowest BCUT2D eigenvalue weighted by Gasteiger charge is -2.43. The number of anilines is 1. The summed E-state index contributed by atoms with van der Waals surface area (Å²) in [5.74, 6) is 1.28. The molecule has 2 aliphatic heterocycles. The number of carbonyl (C=O) groups excluding carboxylic acids is 1. The Kier molecular flexibility index (Phi) is 4.86. The third-order valence-electron chi connectivity index (χ3n) is 5.92. The van der Waals surface area contributed by atoms with E-state index in [0.717, 1.165) is 41.7 Å². The van der Waals surface area contributed by atoms with Gasteiger partial charge in [0.1, 0.15) is 11.4 Å². The van der Waals surface area contributed by atoms with E-state index in [0.29, 0.717) is 19.0 Å². The van der Waals surface area contributed by atoms with Gasteiger partial charge in [0, 0.05) is 42.8 Å². The zero-order valence-corrected chi connectivity index (χ0v) is 17.6. The van der Waals surface area contributed by atoms with E-state index >= 15 is 0 Å². The Labute approximate surface area is 178 Å². The number of thiazole rings is 1. The van der Waals surface area contributed by atoms with Crippen LogP contribution < -0.4 is 15.8 Å². The number of hydrogen-bond acceptors (Lipinski definition) is 6. The fourth-order valence-electron chi connectivity index (χ4n) is 4.60. The highest BCUT2D eigenvalue weighted by atomic mass is 32.1. The smallest absolute Gasteiger partial charge is 0.263 e. The van der Waals surface area contributed by atoms with Crippen LogP contribution in [0.4, 0.5) is 5.82 Å². The van der Waals surface area contributed by atoms with Crippen LogP contribution in [0, 0.1) is 12.8 Å². The van der Waals surface area contributed by atoms with Crippen LogP contribution in [-0.2, 0) is 13.1 Å². The summed E-state index contributed by atoms with van der Waals surface area (Å²) in [6, 6.07) is 9.58. The number of fused-ring (bicyclic) bond motifs is 4. The largest absolute Gasteiger partial charge is 0.356 e. The van der Waals surface area contributed by atoms with Crippen LogP contribution in [0.5, 0.6) is 0 Å². The van der Waals surface area contributed by atoms with Gasteiger partial charge < -0.3 is 14.8 Å². The van der Waals surface area contributed by atoms with Crippen molar-refractivity contribution in [2.45, 2.75) is 32.4 Å². The van der Waals surface area contributed by atoms with Crippen molar-refractivity contribution in [3.63, 3.8) is 0 Å². The highest BCUT2D eigenvalue weighted by Crippen LogP contribution is 2.36. The molecule has 5 rings (SSSR count). The van der Waals surface area contributed by atoms with Crippen molar-refractivity contribution in [3.05, 3.63) is 74.2 Å². The van der Waals surface area contributed by atoms with Gasteiger partial charge in [-0.3, -0.25) is 9.59 Å². The number of aryl methyl sites for hydroxylation is 1. The van der Waals surface area contributed by atoms with Gasteiger partial charge in [-0.2, -0.15) is 0 Å². The zero-order valence-electron chi connectivity index (χ0n) is 16.7. The number of hydrogen-bond donors (Lipinski definition) is 1. The molecule has 0 aromatic carbocycles. The molecule has 7 nitrogen and oxygen atoms in total. The number of aromatic nitrogens is 3. The lowest BCUT2D eigenvalue weighted by Crippen LogP contribution is -2.48. The Hall–Kier alpha value is -3.00. The Balaban J connectivity index is 1.36. The van der Waals surface area contributed by atoms with Crippen LogP contribution >= 0.6 is 11.3 Å². The summed E-state index contributed by atoms with van der Waals surface area (Å²) >= 11 is 1.54. The molecule has 2 bridgehead atoms. The molecule has 8 heteroatoms. The Morgan fingerprint density at radius 2 is 2.13 bits per heavy atom. The fraction of sp³-hybridized carbons (Fsp3) is 0.364. The summed E-state index contributed by atoms with van der Waals surface area (Å²) in [5, 5.41) is 5.71. The number of nitrogens with one attached hydrogen (secondary N) is 1. The average molecular weight is 422 g/mol. The van der Waals surface area contributed by atoms with Crippen LogP contribution in [0.1, 0.15) is 39.1 Å². The maximum absolute atomic E-state index is 13.1. The number of piperidine rings is 1. The first-order chi connectivity index (χ1) is 14.6. The SMILES string of the molecule is Cc1nc(CNC(=O)c2ccc3n(c2=O)C[C@H]2C[C@@H]3CN(c3ccccn3)C2)cs1. The van der Waals surface area contributed by atoms with Crippen molar-refractivity contribution in [1.29, 1.82) is 0 Å². The second-order valence-corrected chi connectivity index (χ2v) is 9.08. The Morgan fingerprint density at radius 1 is 1.23 bits per heavy atom. The molecule has 0 unspecified atom stereocenters. The average Bonchev–Trinajstić information content (AvgIpc) is 3.18. The molecule has 2 atom stereocenters. The zero-order chi connectivity index (χ0) is 20.7. The van der Waals surface area contributed by atoms with Crippen molar-refractivity contribution < 1.29 is 4.79 Å². The van der Waals surface area contributed by atoms with E-state index in [-0.39, 0.29) is 22.9 Å². The first-order valence-corrected chi connectivity index (χ1v) is 11.1. The molecular formula is C22H23N5O2S. The molecule has 3 aromatic rings. The van der Waals surface area contributed by atoms with Gasteiger partial charge in [0.15, 0.2) is 0 Å². The molecule has 1 fully saturated rings. The molecule has 154 valence electrons. The molecule has 0 spiro atoms. The normalized spacial score (nSPS) is 20.0. The van der Waals surface area contributed by atoms with Crippen LogP contribution in [0.2, 0.25) is 0 Å². The van der Waals surface area contributed by atoms with Crippen LogP contribution in [0.15, 0.2) is 46.7 Å². The molecule has 2 aliphatic rings. The second-order valence-electron chi connectivity index (χ2n) is 8.02. The summed E-state index contributed by atoms with van der Waals surface area (Å²) in [6.45, 7) is 4.60. The summed E-state index contributed by atoms with van der Waals surface area (Å²) in [5.41, 5.74) is 1.84. The maximum Gasteiger partial charge on any atom is 0.263 e. The molecule has 5 heterocycles. The van der Waals surface area contributed by atoms with Crippen molar-refractivity contribution in [3.8, 4) is 0 Å². The van der Waals surface area contributed by atoms with Gasteiger partial charge in [-0.25, -0.2) is 9.97 Å². The summed E-state index contributed by atoms with van der Waals surface area (Å²) < 4.78 is 1.82. The van der Waals surface area contributed by atoms with Crippen molar-refractivity contribution in [1.82, 2.24) is 19.9 Å². The van der Waals surface area contributed by atoms with Gasteiger partial charge in [-0.15, -0.1) is 11.3 Å². The lowest BCUT2D eigenvalue weighted by atomic mass is 9.83. The molecule has 30 heavy (non-hydrogen) atoms. The second kappa shape index (κ2) is 7.68. The minimum atomic E-state index is -0.341. The molecule has 1 saturated heterocycles. The summed E-state index contributed by atoms with van der Waals surface area (Å²) in [4.78, 5) is 36.9. The van der Waals surface area contributed by atoms with Gasteiger partial charge in [-0.1, -0.05) is 6.07 Å². The predicted molar refractivity (Wildman–Crippen MR) is 116 cm³/mol. The first-order valence-electron chi connectivity index (χ1n) is 10.2. The number of carbonyl (C=O) groups is 1. The molecule has 0 saturated carbocycles. The predicted octanol–water partition coefficient (Wildman–Crippen LogP) is 2.56. The standard InChI is InChI=1S/C22H23N5O2S/c1-14-25-17(13-30-14)9-24-21(28)18-5-6-19-16-8-15(11-27(19)22(18)29)10-26(12-16)20-4-2-3-7-23-20/h2-7,13,15-16H,8-12H2,1H3,(H,24,28)/t15-,16+/m0/s1. The third kappa shape index (κ3) is 3.52. The van der Waals surface area contributed by atoms with Crippen LogP contribution in [0.3, 0.4) is 0 Å². The third-order valence-corrected chi connectivity index (χ3v) is 6.74. The maximum atomic E-state index is 13.1. The highest BCUT2D eigenvalue weighted by molar-refractivity contribution is 7.09. The fourth-order valence-corrected chi connectivity index (χ4v) is 5.21. The molecule has 0 radical (unpaired) electrons. The minimum absolute atomic E-state index is 0.194. The quantitative estimate of drug-likeness (QED) is 0.700. The monoisotopic (exact) mass is 421 g/mol. The topological polar surface area (TPSA) is 80.1 Å². The van der Waals surface area contributed by atoms with Gasteiger partial charge in [0.2, 0.25) is 0 Å². The van der Waals surface area contributed by atoms with Crippen molar-refractivity contribution >= 4 is 23.1 Å². The van der Waals surface area contributed by atoms with E-state index in [9.17, 15) is 9.59 Å². The van der Waals surface area contributed by atoms with Gasteiger partial charge in [-0.05, 0) is 43.5 Å². The highest BCUT2D eigenvalue weighted by Gasteiger charge is 2.35. The molecular weight excluding hydrogens is 398 g/mol. The number of nitrogens with zero attached hydrogens (tertiary/aromatic N) is 4. The lowest BCUT2D eigenvalue weighted by molar-refractivity contribution is 0.0947.